The highest BCUT2D eigenvalue weighted by Gasteiger charge is 2.33. The lowest BCUT2D eigenvalue weighted by molar-refractivity contribution is -0.171. The predicted molar refractivity (Wildman–Crippen MR) is 482 cm³/mol. The molecular weight excluding hydrogens is 1680 g/mol. The molecular formula is C87H155BrCl2N6O21S2. The quantitative estimate of drug-likeness (QED) is 0.00742. The van der Waals surface area contributed by atoms with E-state index in [2.05, 4.69) is 72.1 Å². The van der Waals surface area contributed by atoms with Crippen molar-refractivity contribution in [1.82, 2.24) is 26.1 Å². The second-order valence-electron chi connectivity index (χ2n) is 33.6. The minimum Gasteiger partial charge on any atom is -0.481 e. The minimum atomic E-state index is -0.784. The van der Waals surface area contributed by atoms with Crippen LogP contribution in [-0.2, 0) is 94.0 Å². The fraction of sp³-hybridized carbons (Fsp3) is 0.736. The van der Waals surface area contributed by atoms with E-state index < -0.39 is 45.7 Å². The molecule has 27 nitrogen and oxygen atoms in total. The van der Waals surface area contributed by atoms with Gasteiger partial charge in [0, 0.05) is 29.2 Å². The smallest absolute Gasteiger partial charge is 0.311 e. The van der Waals surface area contributed by atoms with Gasteiger partial charge in [-0.05, 0) is 215 Å². The molecule has 3 rings (SSSR count). The fourth-order valence-corrected chi connectivity index (χ4v) is 10.5. The van der Waals surface area contributed by atoms with E-state index in [1.807, 2.05) is 206 Å². The first kappa shape index (κ1) is 120. The average molecular weight is 1840 g/mol. The topological polar surface area (TPSA) is 384 Å². The van der Waals surface area contributed by atoms with E-state index in [0.29, 0.717) is 52.0 Å². The molecule has 1 heterocycles. The van der Waals surface area contributed by atoms with Gasteiger partial charge in [0.2, 0.25) is 23.6 Å². The van der Waals surface area contributed by atoms with Gasteiger partial charge in [-0.1, -0.05) is 172 Å². The van der Waals surface area contributed by atoms with E-state index >= 15 is 0 Å². The van der Waals surface area contributed by atoms with Crippen LogP contribution in [0.15, 0.2) is 60.7 Å². The molecule has 2 unspecified atom stereocenters. The number of hydrogen-bond donors (Lipinski definition) is 9. The summed E-state index contributed by atoms with van der Waals surface area (Å²) in [7, 11) is 0. The van der Waals surface area contributed by atoms with Crippen molar-refractivity contribution in [2.75, 3.05) is 90.8 Å². The normalized spacial score (nSPS) is 13.1. The number of hydroxylamine groups is 2. The number of hydrazine groups is 2. The maximum absolute atomic E-state index is 12.1. The molecule has 2 aromatic rings. The molecule has 1 saturated heterocycles. The Labute approximate surface area is 746 Å². The van der Waals surface area contributed by atoms with Gasteiger partial charge in [-0.25, -0.2) is 10.9 Å². The lowest BCUT2D eigenvalue weighted by Gasteiger charge is -2.30. The third-order valence-electron chi connectivity index (χ3n) is 18.6. The van der Waals surface area contributed by atoms with Crippen LogP contribution in [0.5, 0.6) is 0 Å². The number of carboxylic acids is 2. The minimum absolute atomic E-state index is 0.00921. The number of halogens is 3. The Morgan fingerprint density at radius 1 is 0.496 bits per heavy atom. The zero-order valence-electron chi connectivity index (χ0n) is 78.7. The maximum atomic E-state index is 12.1. The summed E-state index contributed by atoms with van der Waals surface area (Å²) >= 11 is 21.6. The van der Waals surface area contributed by atoms with Gasteiger partial charge in [0.1, 0.15) is 13.2 Å². The van der Waals surface area contributed by atoms with E-state index in [1.165, 1.54) is 0 Å². The number of aliphatic carboxylic acids is 2. The Bertz CT molecular complexity index is 3130. The number of nitrogens with zero attached hydrogens (tertiary/aromatic N) is 3. The van der Waals surface area contributed by atoms with Crippen molar-refractivity contribution in [3.63, 3.8) is 0 Å². The standard InChI is InChI=1S/C18H28N2O4S.C17H26N2O4S.C12H23NO3.C8H15BrO2.C7H13ClO.C7H14O2.C6H11ClO.C6H13NO2.C6H12O2/c1-4-10-18(2,3)17(22)24-12-11-20(23)19-15(16(21)25)13-14-8-6-5-7-9-14;1-4-17(2,3)16(21)23-11-10-19(22)18-14(15(20)24)12-13-8-6-5-7-9-13;1-4-16-11(14)12(2,3)5-6-13-7-9-15-10-8-13;1-4-11-7(10)8(2,3)5-6-9;2*1-4-5-7(2,3)6(8)9;1-4-6(2,3)5(7)8;1-6(2,3-4-7)5(8)9;1-4-8-6(7)5(2)3/h5-9,15,19,23H,4,10-13H2,1-3H3,(H,21,25);5-9,14,18,22H,4,10-12H2,1-3H3,(H,20,24);4-10H2,1-3H3;4-6H2,1-3H3;4-5H2,1-3H3;4-5H2,1-3H3,(H,8,9);4H2,1-3H3;3-4,7H2,1-2H3,(H,8,9);5H,4H2,1-3H3/i23T;22T;;;;;;;. The van der Waals surface area contributed by atoms with Gasteiger partial charge in [-0.3, -0.25) is 68.1 Å². The van der Waals surface area contributed by atoms with Gasteiger partial charge in [0.25, 0.3) is 0 Å². The first-order valence-electron chi connectivity index (χ1n) is 41.9. The van der Waals surface area contributed by atoms with Crippen molar-refractivity contribution >= 4 is 127 Å². The molecule has 0 radical (unpaired) electrons. The molecule has 1 aliphatic rings. The van der Waals surface area contributed by atoms with Gasteiger partial charge in [-0.2, -0.15) is 0 Å². The number of carbonyl (C=O) groups is 11. The number of hydrogen-bond acceptors (Lipinski definition) is 25. The third kappa shape index (κ3) is 63.4. The number of ether oxygens (including phenoxy) is 6. The third-order valence-corrected chi connectivity index (χ3v) is 20.6. The number of nitrogens with one attached hydrogen (secondary N) is 2. The number of morpholine rings is 1. The molecule has 2 aromatic carbocycles. The molecule has 0 amide bonds. The van der Waals surface area contributed by atoms with E-state index in [1.54, 1.807) is 34.6 Å². The summed E-state index contributed by atoms with van der Waals surface area (Å²) in [6.07, 6.45) is 9.61. The molecule has 0 aliphatic carbocycles. The van der Waals surface area contributed by atoms with E-state index in [0.717, 1.165) is 117 Å². The molecule has 8 N–H and O–H groups in total. The van der Waals surface area contributed by atoms with Crippen molar-refractivity contribution in [1.29, 1.82) is 0 Å². The van der Waals surface area contributed by atoms with E-state index in [4.69, 9.17) is 65.7 Å². The SMILES string of the molecule is CC(C)(CCN)C(=O)O.CCC(C)(C)C(=O)Cl.CCCC(C)(C)C(=O)Cl.CCCC(C)(C)C(=O)O.CCOC(=O)C(C)(C)CCBr.CCOC(=O)C(C)(C)CCN1CCOCC1.CCOC(=O)C(C)C.[3H]ON(CCOC(=O)C(C)(C)CC)NC(Cc1ccccc1)C(=O)S.[3H]ON(CCOC(=O)C(C)(C)CCC)NC(Cc1ccccc1)C(=O)S. The van der Waals surface area contributed by atoms with Gasteiger partial charge in [0.05, 0.1) is 96.6 Å². The van der Waals surface area contributed by atoms with Crippen LogP contribution in [0.2, 0.25) is 2.86 Å². The molecule has 119 heavy (non-hydrogen) atoms. The fourth-order valence-electron chi connectivity index (χ4n) is 8.98. The first-order chi connectivity index (χ1) is 55.9. The number of carbonyl (C=O) groups excluding carboxylic acids is 9. The second-order valence-corrected chi connectivity index (χ2v) is 36.0. The summed E-state index contributed by atoms with van der Waals surface area (Å²) in [6.45, 7) is 54.8. The predicted octanol–water partition coefficient (Wildman–Crippen LogP) is 16.8. The van der Waals surface area contributed by atoms with Crippen molar-refractivity contribution in [2.24, 2.45) is 55.0 Å². The van der Waals surface area contributed by atoms with Crippen LogP contribution in [0.25, 0.3) is 0 Å². The molecule has 0 spiro atoms. The number of benzene rings is 2. The van der Waals surface area contributed by atoms with Gasteiger partial charge >= 0.3 is 41.8 Å². The van der Waals surface area contributed by atoms with Crippen molar-refractivity contribution in [2.45, 2.75) is 276 Å². The molecule has 2 atom stereocenters. The molecule has 0 saturated carbocycles. The highest BCUT2D eigenvalue weighted by Crippen LogP contribution is 2.29. The number of alkyl halides is 1. The van der Waals surface area contributed by atoms with Gasteiger partial charge < -0.3 is 44.4 Å². The first-order valence-corrected chi connectivity index (χ1v) is 43.8. The molecule has 692 valence electrons. The highest BCUT2D eigenvalue weighted by molar-refractivity contribution is 9.09. The Hall–Kier alpha value is -5.19. The van der Waals surface area contributed by atoms with Gasteiger partial charge in [0.15, 0.2) is 0 Å². The number of esters is 5. The average Bonchev–Trinajstić information content (AvgIpc) is 0.887. The lowest BCUT2D eigenvalue weighted by Crippen LogP contribution is -2.48. The lowest BCUT2D eigenvalue weighted by atomic mass is 9.88. The Balaban J connectivity index is -0.000000321. The molecule has 0 bridgehead atoms. The molecule has 1 aliphatic heterocycles. The second kappa shape index (κ2) is 67.3. The largest absolute Gasteiger partial charge is 0.481 e. The number of thiol groups is 2. The molecule has 1 fully saturated rings. The number of nitrogens with two attached hydrogens (primary N) is 1. The van der Waals surface area contributed by atoms with Crippen LogP contribution in [0.1, 0.15) is 262 Å². The van der Waals surface area contributed by atoms with Crippen molar-refractivity contribution in [3.05, 3.63) is 71.8 Å². The summed E-state index contributed by atoms with van der Waals surface area (Å²) in [5.41, 5.74) is 8.98. The number of rotatable bonds is 45. The summed E-state index contributed by atoms with van der Waals surface area (Å²) in [4.78, 5) is 125. The Morgan fingerprint density at radius 2 is 0.824 bits per heavy atom. The van der Waals surface area contributed by atoms with Crippen molar-refractivity contribution < 1.29 is 105 Å². The van der Waals surface area contributed by atoms with Crippen molar-refractivity contribution in [3.8, 4) is 0 Å². The number of carboxylic acid groups (broad SMARTS) is 2. The zero-order valence-corrected chi connectivity index (χ0v) is 81.6. The summed E-state index contributed by atoms with van der Waals surface area (Å²) < 4.78 is 44.6. The summed E-state index contributed by atoms with van der Waals surface area (Å²) in [5.74, 6) is -2.41. The molecule has 0 aromatic heterocycles. The summed E-state index contributed by atoms with van der Waals surface area (Å²) in [6, 6.07) is 17.5. The van der Waals surface area contributed by atoms with Crippen LogP contribution < -0.4 is 16.6 Å². The van der Waals surface area contributed by atoms with Crippen LogP contribution in [-0.4, -0.2) is 201 Å². The molecule has 32 heteroatoms. The Kier molecular flexibility index (Phi) is 67.9. The van der Waals surface area contributed by atoms with Crippen LogP contribution in [0, 0.1) is 49.2 Å². The summed E-state index contributed by atoms with van der Waals surface area (Å²) in [5, 5.41) is 27.7. The maximum Gasteiger partial charge on any atom is 0.311 e. The van der Waals surface area contributed by atoms with Crippen LogP contribution in [0.4, 0.5) is 0 Å². The Morgan fingerprint density at radius 3 is 1.08 bits per heavy atom. The van der Waals surface area contributed by atoms with E-state index in [-0.39, 0.29) is 104 Å². The van der Waals surface area contributed by atoms with Gasteiger partial charge in [-0.15, -0.1) is 35.6 Å². The zero-order chi connectivity index (χ0) is 95.2. The van der Waals surface area contributed by atoms with Crippen LogP contribution in [0.3, 0.4) is 0 Å². The van der Waals surface area contributed by atoms with E-state index in [9.17, 15) is 52.7 Å². The highest BCUT2D eigenvalue weighted by atomic mass is 79.9. The van der Waals surface area contributed by atoms with Crippen LogP contribution >= 0.6 is 64.4 Å². The monoisotopic (exact) mass is 1840 g/mol.